The molecule has 1 saturated carbocycles. The maximum Gasteiger partial charge on any atom is 0.198 e. The molecule has 0 bridgehead atoms. The van der Waals surface area contributed by atoms with Crippen molar-refractivity contribution in [3.8, 4) is 0 Å². The Kier molecular flexibility index (Phi) is 2.72. The molecule has 0 amide bonds. The molecule has 0 radical (unpaired) electrons. The minimum absolute atomic E-state index is 0.568. The number of hydrogen-bond acceptors (Lipinski definition) is 2. The molecule has 1 aliphatic rings. The number of nitrogens with zero attached hydrogens (tertiary/aromatic N) is 1. The van der Waals surface area contributed by atoms with Crippen molar-refractivity contribution < 1.29 is 4.42 Å². The van der Waals surface area contributed by atoms with Gasteiger partial charge in [0.2, 0.25) is 0 Å². The van der Waals surface area contributed by atoms with Gasteiger partial charge in [0.25, 0.3) is 0 Å². The predicted octanol–water partition coefficient (Wildman–Crippen LogP) is 3.79. The topological polar surface area (TPSA) is 26.0 Å². The van der Waals surface area contributed by atoms with Gasteiger partial charge in [-0.3, -0.25) is 0 Å². The summed E-state index contributed by atoms with van der Waals surface area (Å²) in [5.41, 5.74) is 0. The zero-order valence-corrected chi connectivity index (χ0v) is 9.43. The number of aromatic nitrogens is 1. The molecule has 0 unspecified atom stereocenters. The molecule has 1 aromatic rings. The van der Waals surface area contributed by atoms with Crippen LogP contribution in [0.5, 0.6) is 0 Å². The minimum atomic E-state index is 0.568. The van der Waals surface area contributed by atoms with E-state index in [1.165, 1.54) is 32.1 Å². The second-order valence-corrected chi connectivity index (χ2v) is 4.49. The molecule has 0 atom stereocenters. The highest BCUT2D eigenvalue weighted by Gasteiger charge is 2.21. The van der Waals surface area contributed by atoms with Crippen LogP contribution in [0.2, 0.25) is 0 Å². The van der Waals surface area contributed by atoms with Crippen LogP contribution in [-0.2, 0) is 0 Å². The lowest BCUT2D eigenvalue weighted by Gasteiger charge is -2.17. The first kappa shape index (κ1) is 9.25. The van der Waals surface area contributed by atoms with E-state index < -0.39 is 0 Å². The first-order valence-electron chi connectivity index (χ1n) is 4.90. The highest BCUT2D eigenvalue weighted by molar-refractivity contribution is 9.10. The fourth-order valence-electron chi connectivity index (χ4n) is 1.92. The molecule has 72 valence electrons. The van der Waals surface area contributed by atoms with Crippen LogP contribution < -0.4 is 0 Å². The van der Waals surface area contributed by atoms with Crippen LogP contribution in [0.4, 0.5) is 0 Å². The van der Waals surface area contributed by atoms with E-state index in [1.54, 1.807) is 0 Å². The van der Waals surface area contributed by atoms with Crippen LogP contribution in [0.3, 0.4) is 0 Å². The van der Waals surface area contributed by atoms with Gasteiger partial charge < -0.3 is 4.42 Å². The summed E-state index contributed by atoms with van der Waals surface area (Å²) in [6.45, 7) is 1.95. The monoisotopic (exact) mass is 243 g/mol. The van der Waals surface area contributed by atoms with E-state index in [0.717, 1.165) is 16.3 Å². The Hall–Kier alpha value is -0.310. The fourth-order valence-corrected chi connectivity index (χ4v) is 2.18. The maximum atomic E-state index is 5.60. The number of oxazole rings is 1. The summed E-state index contributed by atoms with van der Waals surface area (Å²) in [7, 11) is 0. The van der Waals surface area contributed by atoms with E-state index in [0.29, 0.717) is 5.92 Å². The van der Waals surface area contributed by atoms with Crippen LogP contribution >= 0.6 is 15.9 Å². The van der Waals surface area contributed by atoms with Crippen molar-refractivity contribution >= 4 is 15.9 Å². The van der Waals surface area contributed by atoms with Crippen molar-refractivity contribution in [2.45, 2.75) is 44.9 Å². The molecule has 0 aromatic carbocycles. The van der Waals surface area contributed by atoms with E-state index in [1.807, 2.05) is 6.92 Å². The molecule has 0 saturated heterocycles. The van der Waals surface area contributed by atoms with Gasteiger partial charge in [0.05, 0.1) is 0 Å². The third-order valence-corrected chi connectivity index (χ3v) is 3.45. The maximum absolute atomic E-state index is 5.60. The lowest BCUT2D eigenvalue weighted by molar-refractivity contribution is 0.356. The summed E-state index contributed by atoms with van der Waals surface area (Å²) < 4.78 is 6.46. The Balaban J connectivity index is 2.14. The molecule has 3 heteroatoms. The van der Waals surface area contributed by atoms with Gasteiger partial charge in [-0.1, -0.05) is 19.3 Å². The quantitative estimate of drug-likeness (QED) is 0.751. The predicted molar refractivity (Wildman–Crippen MR) is 54.8 cm³/mol. The summed E-state index contributed by atoms with van der Waals surface area (Å²) >= 11 is 3.38. The minimum Gasteiger partial charge on any atom is -0.444 e. The van der Waals surface area contributed by atoms with Crippen LogP contribution in [0.1, 0.15) is 49.7 Å². The molecule has 1 aliphatic carbocycles. The largest absolute Gasteiger partial charge is 0.444 e. The van der Waals surface area contributed by atoms with Gasteiger partial charge in [0, 0.05) is 5.92 Å². The number of aryl methyl sites for hydroxylation is 1. The summed E-state index contributed by atoms with van der Waals surface area (Å²) in [5.74, 6) is 2.41. The molecule has 0 spiro atoms. The van der Waals surface area contributed by atoms with Crippen molar-refractivity contribution in [1.29, 1.82) is 0 Å². The van der Waals surface area contributed by atoms with Gasteiger partial charge in [-0.2, -0.15) is 0 Å². The third kappa shape index (κ3) is 1.96. The van der Waals surface area contributed by atoms with Crippen molar-refractivity contribution in [3.05, 3.63) is 16.3 Å². The normalized spacial score (nSPS) is 19.2. The number of hydrogen-bond donors (Lipinski definition) is 0. The van der Waals surface area contributed by atoms with Gasteiger partial charge in [0.1, 0.15) is 10.4 Å². The second kappa shape index (κ2) is 3.82. The highest BCUT2D eigenvalue weighted by atomic mass is 79.9. The molecule has 2 nitrogen and oxygen atoms in total. The lowest BCUT2D eigenvalue weighted by Crippen LogP contribution is -2.04. The summed E-state index contributed by atoms with van der Waals surface area (Å²) in [6, 6.07) is 0. The Morgan fingerprint density at radius 1 is 1.31 bits per heavy atom. The summed E-state index contributed by atoms with van der Waals surface area (Å²) in [5, 5.41) is 0. The van der Waals surface area contributed by atoms with Crippen molar-refractivity contribution in [3.63, 3.8) is 0 Å². The summed E-state index contributed by atoms with van der Waals surface area (Å²) in [6.07, 6.45) is 6.50. The first-order chi connectivity index (χ1) is 6.27. The van der Waals surface area contributed by atoms with Crippen molar-refractivity contribution in [2.75, 3.05) is 0 Å². The molecule has 1 heterocycles. The van der Waals surface area contributed by atoms with Crippen molar-refractivity contribution in [1.82, 2.24) is 4.98 Å². The average molecular weight is 244 g/mol. The van der Waals surface area contributed by atoms with E-state index in [4.69, 9.17) is 4.42 Å². The smallest absolute Gasteiger partial charge is 0.198 e. The van der Waals surface area contributed by atoms with Gasteiger partial charge >= 0.3 is 0 Å². The van der Waals surface area contributed by atoms with Crippen LogP contribution in [-0.4, -0.2) is 4.98 Å². The van der Waals surface area contributed by atoms with Crippen LogP contribution in [0, 0.1) is 6.92 Å². The van der Waals surface area contributed by atoms with Gasteiger partial charge in [-0.25, -0.2) is 4.98 Å². The number of halogens is 1. The van der Waals surface area contributed by atoms with Gasteiger partial charge in [-0.15, -0.1) is 0 Å². The van der Waals surface area contributed by atoms with Crippen LogP contribution in [0.15, 0.2) is 9.02 Å². The van der Waals surface area contributed by atoms with E-state index in [9.17, 15) is 0 Å². The van der Waals surface area contributed by atoms with E-state index in [-0.39, 0.29) is 0 Å². The van der Waals surface area contributed by atoms with E-state index in [2.05, 4.69) is 20.9 Å². The first-order valence-corrected chi connectivity index (χ1v) is 5.69. The van der Waals surface area contributed by atoms with Gasteiger partial charge in [-0.05, 0) is 35.7 Å². The van der Waals surface area contributed by atoms with Crippen molar-refractivity contribution in [2.24, 2.45) is 0 Å². The molecular weight excluding hydrogens is 230 g/mol. The molecule has 0 aliphatic heterocycles. The Morgan fingerprint density at radius 3 is 2.54 bits per heavy atom. The molecule has 1 aromatic heterocycles. The molecule has 1 fully saturated rings. The Bertz CT molecular complexity index is 270. The molecule has 13 heavy (non-hydrogen) atoms. The lowest BCUT2D eigenvalue weighted by atomic mass is 9.89. The summed E-state index contributed by atoms with van der Waals surface area (Å²) in [4.78, 5) is 4.38. The Labute approximate surface area is 86.9 Å². The SMILES string of the molecule is Cc1oc(C2CCCCC2)nc1Br. The fraction of sp³-hybridized carbons (Fsp3) is 0.700. The molecule has 0 N–H and O–H groups in total. The van der Waals surface area contributed by atoms with E-state index >= 15 is 0 Å². The standard InChI is InChI=1S/C10H14BrNO/c1-7-9(11)12-10(13-7)8-5-3-2-4-6-8/h8H,2-6H2,1H3. The average Bonchev–Trinajstić information content (AvgIpc) is 2.49. The second-order valence-electron chi connectivity index (χ2n) is 3.73. The molecule has 2 rings (SSSR count). The molecular formula is C10H14BrNO. The zero-order chi connectivity index (χ0) is 9.26. The zero-order valence-electron chi connectivity index (χ0n) is 7.85. The van der Waals surface area contributed by atoms with Gasteiger partial charge in [0.15, 0.2) is 5.89 Å². The number of rotatable bonds is 1. The Morgan fingerprint density at radius 2 is 2.00 bits per heavy atom. The van der Waals surface area contributed by atoms with Crippen LogP contribution in [0.25, 0.3) is 0 Å². The highest BCUT2D eigenvalue weighted by Crippen LogP contribution is 2.33. The third-order valence-electron chi connectivity index (χ3n) is 2.71.